The zero-order valence-electron chi connectivity index (χ0n) is 24.1. The average molecular weight is 481 g/mol. The largest absolute Gasteiger partial charge is 0.465 e. The Balaban J connectivity index is 3.82. The SMILES string of the molecule is CCCCCCCCCCCCC(CCCC)COC(=O)C(C)CCCCCCCCCCC. The van der Waals surface area contributed by atoms with Gasteiger partial charge in [-0.25, -0.2) is 0 Å². The summed E-state index contributed by atoms with van der Waals surface area (Å²) in [7, 11) is 0. The van der Waals surface area contributed by atoms with Gasteiger partial charge in [0.25, 0.3) is 0 Å². The number of unbranched alkanes of at least 4 members (excludes halogenated alkanes) is 18. The van der Waals surface area contributed by atoms with Gasteiger partial charge < -0.3 is 4.74 Å². The molecule has 0 bridgehead atoms. The minimum atomic E-state index is 0.0455. The second-order valence-corrected chi connectivity index (χ2v) is 11.1. The van der Waals surface area contributed by atoms with Crippen LogP contribution in [0.3, 0.4) is 0 Å². The zero-order chi connectivity index (χ0) is 25.1. The van der Waals surface area contributed by atoms with Crippen LogP contribution < -0.4 is 0 Å². The summed E-state index contributed by atoms with van der Waals surface area (Å²) in [6.45, 7) is 9.54. The molecule has 2 unspecified atom stereocenters. The van der Waals surface area contributed by atoms with E-state index < -0.39 is 0 Å². The first kappa shape index (κ1) is 33.5. The van der Waals surface area contributed by atoms with E-state index in [2.05, 4.69) is 27.7 Å². The van der Waals surface area contributed by atoms with E-state index in [1.807, 2.05) is 0 Å². The van der Waals surface area contributed by atoms with E-state index in [0.29, 0.717) is 12.5 Å². The maximum Gasteiger partial charge on any atom is 0.308 e. The van der Waals surface area contributed by atoms with Crippen molar-refractivity contribution in [2.75, 3.05) is 6.61 Å². The third kappa shape index (κ3) is 23.2. The lowest BCUT2D eigenvalue weighted by atomic mass is 9.95. The molecule has 0 saturated heterocycles. The summed E-state index contributed by atoms with van der Waals surface area (Å²) < 4.78 is 5.80. The molecule has 0 spiro atoms. The molecule has 0 aromatic carbocycles. The second-order valence-electron chi connectivity index (χ2n) is 11.1. The number of carbonyl (C=O) groups is 1. The molecule has 0 amide bonds. The fourth-order valence-electron chi connectivity index (χ4n) is 4.95. The Kier molecular flexibility index (Phi) is 26.6. The third-order valence-corrected chi connectivity index (χ3v) is 7.54. The van der Waals surface area contributed by atoms with Gasteiger partial charge >= 0.3 is 5.97 Å². The van der Waals surface area contributed by atoms with Gasteiger partial charge in [0.1, 0.15) is 0 Å². The normalized spacial score (nSPS) is 13.2. The molecule has 0 aliphatic heterocycles. The summed E-state index contributed by atoms with van der Waals surface area (Å²) in [4.78, 5) is 12.5. The standard InChI is InChI=1S/C32H64O2/c1-5-8-11-13-15-17-19-21-23-25-28-31(27-10-7-3)29-34-32(33)30(4)26-24-22-20-18-16-14-12-9-6-2/h30-31H,5-29H2,1-4H3. The van der Waals surface area contributed by atoms with Crippen LogP contribution in [0, 0.1) is 11.8 Å². The molecule has 204 valence electrons. The number of carbonyl (C=O) groups excluding carboxylic acids is 1. The lowest BCUT2D eigenvalue weighted by Crippen LogP contribution is -2.19. The average Bonchev–Trinajstić information content (AvgIpc) is 2.84. The Labute approximate surface area is 215 Å². The van der Waals surface area contributed by atoms with Crippen molar-refractivity contribution in [3.63, 3.8) is 0 Å². The van der Waals surface area contributed by atoms with Crippen LogP contribution in [0.2, 0.25) is 0 Å². The van der Waals surface area contributed by atoms with E-state index in [1.165, 1.54) is 148 Å². The van der Waals surface area contributed by atoms with Gasteiger partial charge in [0, 0.05) is 0 Å². The summed E-state index contributed by atoms with van der Waals surface area (Å²) in [5.41, 5.74) is 0. The van der Waals surface area contributed by atoms with Crippen molar-refractivity contribution < 1.29 is 9.53 Å². The number of esters is 1. The first-order chi connectivity index (χ1) is 16.7. The Bertz CT molecular complexity index is 406. The van der Waals surface area contributed by atoms with Crippen molar-refractivity contribution in [2.24, 2.45) is 11.8 Å². The molecule has 0 radical (unpaired) electrons. The predicted octanol–water partition coefficient (Wildman–Crippen LogP) is 11.2. The molecule has 34 heavy (non-hydrogen) atoms. The molecule has 0 heterocycles. The van der Waals surface area contributed by atoms with Gasteiger partial charge in [0.15, 0.2) is 0 Å². The van der Waals surface area contributed by atoms with Crippen LogP contribution in [0.15, 0.2) is 0 Å². The molecule has 0 fully saturated rings. The van der Waals surface area contributed by atoms with Gasteiger partial charge in [0.2, 0.25) is 0 Å². The number of ether oxygens (including phenoxy) is 1. The molecule has 0 aliphatic carbocycles. The first-order valence-electron chi connectivity index (χ1n) is 15.8. The summed E-state index contributed by atoms with van der Waals surface area (Å²) in [5, 5.41) is 0. The predicted molar refractivity (Wildman–Crippen MR) is 151 cm³/mol. The van der Waals surface area contributed by atoms with E-state index in [0.717, 1.165) is 6.42 Å². The van der Waals surface area contributed by atoms with Crippen LogP contribution in [-0.4, -0.2) is 12.6 Å². The van der Waals surface area contributed by atoms with Gasteiger partial charge in [-0.05, 0) is 25.2 Å². The van der Waals surface area contributed by atoms with Gasteiger partial charge in [-0.2, -0.15) is 0 Å². The minimum absolute atomic E-state index is 0.0455. The summed E-state index contributed by atoms with van der Waals surface area (Å²) in [5.74, 6) is 0.677. The van der Waals surface area contributed by atoms with Gasteiger partial charge in [-0.15, -0.1) is 0 Å². The molecule has 2 heteroatoms. The summed E-state index contributed by atoms with van der Waals surface area (Å²) in [6, 6.07) is 0. The quantitative estimate of drug-likeness (QED) is 0.0862. The highest BCUT2D eigenvalue weighted by Gasteiger charge is 2.17. The van der Waals surface area contributed by atoms with Crippen molar-refractivity contribution in [1.82, 2.24) is 0 Å². The maximum atomic E-state index is 12.5. The van der Waals surface area contributed by atoms with Crippen LogP contribution in [0.25, 0.3) is 0 Å². The molecule has 0 saturated carbocycles. The zero-order valence-corrected chi connectivity index (χ0v) is 24.1. The van der Waals surface area contributed by atoms with Gasteiger partial charge in [-0.1, -0.05) is 163 Å². The molecule has 0 N–H and O–H groups in total. The van der Waals surface area contributed by atoms with Crippen LogP contribution in [-0.2, 0) is 9.53 Å². The van der Waals surface area contributed by atoms with Crippen LogP contribution in [0.4, 0.5) is 0 Å². The van der Waals surface area contributed by atoms with Crippen molar-refractivity contribution in [2.45, 2.75) is 182 Å². The Morgan fingerprint density at radius 3 is 1.29 bits per heavy atom. The second kappa shape index (κ2) is 27.1. The molecular weight excluding hydrogens is 416 g/mol. The fraction of sp³-hybridized carbons (Fsp3) is 0.969. The lowest BCUT2D eigenvalue weighted by Gasteiger charge is -2.18. The highest BCUT2D eigenvalue weighted by Crippen LogP contribution is 2.20. The van der Waals surface area contributed by atoms with Crippen LogP contribution in [0.5, 0.6) is 0 Å². The lowest BCUT2D eigenvalue weighted by molar-refractivity contribution is -0.149. The Hall–Kier alpha value is -0.530. The number of rotatable bonds is 27. The topological polar surface area (TPSA) is 26.3 Å². The first-order valence-corrected chi connectivity index (χ1v) is 15.8. The van der Waals surface area contributed by atoms with Crippen molar-refractivity contribution in [3.8, 4) is 0 Å². The molecule has 0 rings (SSSR count). The van der Waals surface area contributed by atoms with Crippen molar-refractivity contribution in [3.05, 3.63) is 0 Å². The molecule has 0 aromatic rings. The van der Waals surface area contributed by atoms with E-state index in [4.69, 9.17) is 4.74 Å². The van der Waals surface area contributed by atoms with E-state index in [9.17, 15) is 4.79 Å². The smallest absolute Gasteiger partial charge is 0.308 e. The maximum absolute atomic E-state index is 12.5. The molecular formula is C32H64O2. The fourth-order valence-corrected chi connectivity index (χ4v) is 4.95. The molecule has 0 aliphatic rings. The summed E-state index contributed by atoms with van der Waals surface area (Å²) >= 11 is 0. The highest BCUT2D eigenvalue weighted by molar-refractivity contribution is 5.71. The molecule has 2 nitrogen and oxygen atoms in total. The molecule has 2 atom stereocenters. The Morgan fingerprint density at radius 2 is 0.853 bits per heavy atom. The summed E-state index contributed by atoms with van der Waals surface area (Å²) in [6.07, 6.45) is 31.8. The number of hydrogen-bond donors (Lipinski definition) is 0. The minimum Gasteiger partial charge on any atom is -0.465 e. The van der Waals surface area contributed by atoms with Crippen LogP contribution in [0.1, 0.15) is 182 Å². The van der Waals surface area contributed by atoms with Crippen molar-refractivity contribution in [1.29, 1.82) is 0 Å². The number of hydrogen-bond acceptors (Lipinski definition) is 2. The monoisotopic (exact) mass is 480 g/mol. The van der Waals surface area contributed by atoms with E-state index in [-0.39, 0.29) is 11.9 Å². The van der Waals surface area contributed by atoms with Gasteiger partial charge in [-0.3, -0.25) is 4.79 Å². The van der Waals surface area contributed by atoms with Gasteiger partial charge in [0.05, 0.1) is 12.5 Å². The molecule has 0 aromatic heterocycles. The van der Waals surface area contributed by atoms with E-state index in [1.54, 1.807) is 0 Å². The third-order valence-electron chi connectivity index (χ3n) is 7.54. The van der Waals surface area contributed by atoms with E-state index >= 15 is 0 Å². The van der Waals surface area contributed by atoms with Crippen LogP contribution >= 0.6 is 0 Å². The Morgan fingerprint density at radius 1 is 0.500 bits per heavy atom. The van der Waals surface area contributed by atoms with Crippen molar-refractivity contribution >= 4 is 5.97 Å². The highest BCUT2D eigenvalue weighted by atomic mass is 16.5.